The van der Waals surface area contributed by atoms with Crippen molar-refractivity contribution in [3.63, 3.8) is 0 Å². The molecule has 1 N–H and O–H groups in total. The largest absolute Gasteiger partial charge is 0.495 e. The zero-order chi connectivity index (χ0) is 24.4. The number of fused-ring (bicyclic) bond motifs is 3. The van der Waals surface area contributed by atoms with Crippen LogP contribution in [0.5, 0.6) is 5.75 Å². The summed E-state index contributed by atoms with van der Waals surface area (Å²) in [5, 5.41) is 4.75. The lowest BCUT2D eigenvalue weighted by Gasteiger charge is -2.60. The van der Waals surface area contributed by atoms with Crippen LogP contribution in [-0.4, -0.2) is 29.4 Å². The SMILES string of the molecule is COc1cc2c(cc1NC(=O)[C@H](C)OC(=O)CC13C[C@@H]4C[C@@H](CC(Br)(C4)C1)C3)oc1ccccc12. The van der Waals surface area contributed by atoms with Gasteiger partial charge in [-0.15, -0.1) is 0 Å². The molecule has 6 nitrogen and oxygen atoms in total. The van der Waals surface area contributed by atoms with E-state index in [2.05, 4.69) is 21.2 Å². The topological polar surface area (TPSA) is 77.8 Å². The van der Waals surface area contributed by atoms with Crippen LogP contribution >= 0.6 is 15.9 Å². The van der Waals surface area contributed by atoms with Crippen molar-refractivity contribution in [3.05, 3.63) is 36.4 Å². The van der Waals surface area contributed by atoms with Crippen molar-refractivity contribution >= 4 is 55.4 Å². The smallest absolute Gasteiger partial charge is 0.307 e. The fraction of sp³-hybridized carbons (Fsp3) is 0.500. The molecule has 2 unspecified atom stereocenters. The van der Waals surface area contributed by atoms with Crippen LogP contribution in [0.3, 0.4) is 0 Å². The van der Waals surface area contributed by atoms with Crippen molar-refractivity contribution in [3.8, 4) is 5.75 Å². The fourth-order valence-corrected chi connectivity index (χ4v) is 8.90. The van der Waals surface area contributed by atoms with E-state index in [-0.39, 0.29) is 15.7 Å². The van der Waals surface area contributed by atoms with Crippen LogP contribution in [-0.2, 0) is 14.3 Å². The van der Waals surface area contributed by atoms with Gasteiger partial charge in [-0.3, -0.25) is 9.59 Å². The Morgan fingerprint density at radius 1 is 1.11 bits per heavy atom. The van der Waals surface area contributed by atoms with Crippen molar-refractivity contribution in [2.24, 2.45) is 17.3 Å². The number of furan rings is 1. The first-order valence-electron chi connectivity index (χ1n) is 12.4. The average Bonchev–Trinajstić information content (AvgIpc) is 3.13. The molecule has 0 spiro atoms. The summed E-state index contributed by atoms with van der Waals surface area (Å²) in [7, 11) is 1.56. The summed E-state index contributed by atoms with van der Waals surface area (Å²) in [5.74, 6) is 1.24. The third kappa shape index (κ3) is 4.11. The number of esters is 1. The van der Waals surface area contributed by atoms with Gasteiger partial charge in [-0.1, -0.05) is 34.1 Å². The number of methoxy groups -OCH3 is 1. The molecule has 1 heterocycles. The first kappa shape index (κ1) is 22.9. The Morgan fingerprint density at radius 2 is 1.86 bits per heavy atom. The summed E-state index contributed by atoms with van der Waals surface area (Å²) >= 11 is 4.00. The zero-order valence-electron chi connectivity index (χ0n) is 20.1. The second-order valence-corrected chi connectivity index (χ2v) is 12.7. The van der Waals surface area contributed by atoms with Crippen molar-refractivity contribution in [1.29, 1.82) is 0 Å². The van der Waals surface area contributed by atoms with Crippen molar-refractivity contribution in [2.75, 3.05) is 12.4 Å². The molecule has 3 aromatic rings. The molecule has 4 aliphatic rings. The number of benzene rings is 2. The summed E-state index contributed by atoms with van der Waals surface area (Å²) in [6.45, 7) is 1.62. The highest BCUT2D eigenvalue weighted by molar-refractivity contribution is 9.10. The van der Waals surface area contributed by atoms with E-state index < -0.39 is 12.0 Å². The molecule has 1 aromatic heterocycles. The summed E-state index contributed by atoms with van der Waals surface area (Å²) in [4.78, 5) is 25.9. The molecule has 7 rings (SSSR count). The quantitative estimate of drug-likeness (QED) is 0.282. The second-order valence-electron chi connectivity index (χ2n) is 11.1. The molecule has 0 radical (unpaired) electrons. The van der Waals surface area contributed by atoms with Gasteiger partial charge in [-0.25, -0.2) is 0 Å². The summed E-state index contributed by atoms with van der Waals surface area (Å²) in [6.07, 6.45) is 6.43. The van der Waals surface area contributed by atoms with Crippen molar-refractivity contribution in [2.45, 2.75) is 62.3 Å². The van der Waals surface area contributed by atoms with Gasteiger partial charge < -0.3 is 19.2 Å². The predicted molar refractivity (Wildman–Crippen MR) is 138 cm³/mol. The number of rotatable bonds is 6. The van der Waals surface area contributed by atoms with Gasteiger partial charge in [0.2, 0.25) is 0 Å². The normalized spacial score (nSPS) is 29.9. The number of carbonyl (C=O) groups excluding carboxylic acids is 2. The Kier molecular flexibility index (Phi) is 5.40. The first-order chi connectivity index (χ1) is 16.7. The molecule has 4 aliphatic carbocycles. The fourth-order valence-electron chi connectivity index (χ4n) is 7.39. The molecule has 0 aliphatic heterocycles. The van der Waals surface area contributed by atoms with E-state index in [0.717, 1.165) is 35.6 Å². The summed E-state index contributed by atoms with van der Waals surface area (Å²) in [5.41, 5.74) is 1.91. The van der Waals surface area contributed by atoms with Crippen molar-refractivity contribution in [1.82, 2.24) is 0 Å². The number of hydrogen-bond acceptors (Lipinski definition) is 5. The molecule has 4 bridgehead atoms. The minimum absolute atomic E-state index is 0.0103. The molecular formula is C28H30BrNO5. The first-order valence-corrected chi connectivity index (χ1v) is 13.2. The van der Waals surface area contributed by atoms with E-state index in [0.29, 0.717) is 35.3 Å². The maximum Gasteiger partial charge on any atom is 0.307 e. The second kappa shape index (κ2) is 8.26. The number of carbonyl (C=O) groups is 2. The number of ether oxygens (including phenoxy) is 2. The Morgan fingerprint density at radius 3 is 2.57 bits per heavy atom. The van der Waals surface area contributed by atoms with Gasteiger partial charge in [-0.05, 0) is 74.8 Å². The average molecular weight is 540 g/mol. The predicted octanol–water partition coefficient (Wildman–Crippen LogP) is 6.59. The van der Waals surface area contributed by atoms with E-state index in [1.54, 1.807) is 20.1 Å². The third-order valence-corrected chi connectivity index (χ3v) is 9.19. The molecule has 2 aromatic carbocycles. The van der Waals surface area contributed by atoms with Crippen LogP contribution in [0, 0.1) is 17.3 Å². The van der Waals surface area contributed by atoms with E-state index in [1.807, 2.05) is 30.3 Å². The Balaban J connectivity index is 1.15. The van der Waals surface area contributed by atoms with E-state index in [1.165, 1.54) is 19.3 Å². The van der Waals surface area contributed by atoms with Crippen LogP contribution in [0.2, 0.25) is 0 Å². The third-order valence-electron chi connectivity index (χ3n) is 8.26. The van der Waals surface area contributed by atoms with E-state index in [9.17, 15) is 9.59 Å². The highest BCUT2D eigenvalue weighted by Gasteiger charge is 2.57. The molecule has 4 saturated carbocycles. The summed E-state index contributed by atoms with van der Waals surface area (Å²) in [6, 6.07) is 11.4. The Hall–Kier alpha value is -2.54. The molecule has 4 fully saturated rings. The molecule has 184 valence electrons. The van der Waals surface area contributed by atoms with Gasteiger partial charge in [0.15, 0.2) is 6.10 Å². The van der Waals surface area contributed by atoms with Gasteiger partial charge in [-0.2, -0.15) is 0 Å². The lowest BCUT2D eigenvalue weighted by Crippen LogP contribution is -2.53. The minimum atomic E-state index is -0.912. The number of anilines is 1. The molecular weight excluding hydrogens is 510 g/mol. The molecule has 35 heavy (non-hydrogen) atoms. The van der Waals surface area contributed by atoms with Gasteiger partial charge in [0.05, 0.1) is 19.2 Å². The molecule has 0 saturated heterocycles. The lowest BCUT2D eigenvalue weighted by atomic mass is 9.49. The number of nitrogens with one attached hydrogen (secondary N) is 1. The van der Waals surface area contributed by atoms with Gasteiger partial charge in [0.25, 0.3) is 5.91 Å². The Bertz CT molecular complexity index is 1320. The maximum atomic E-state index is 13.0. The maximum absolute atomic E-state index is 13.0. The van der Waals surface area contributed by atoms with Crippen LogP contribution in [0.25, 0.3) is 21.9 Å². The number of halogens is 1. The molecule has 7 heteroatoms. The zero-order valence-corrected chi connectivity index (χ0v) is 21.7. The molecule has 1 amide bonds. The standard InChI is InChI=1S/C28H30BrNO5/c1-16(34-25(31)14-27-10-17-7-18(11-27)13-28(29,12-17)15-27)26(32)30-21-9-23-20(8-24(21)33-2)19-5-3-4-6-22(19)35-23/h3-6,8-9,16-18H,7,10-15H2,1-2H3,(H,30,32)/t16-,17-,18+,27?,28?/m0/s1. The molecule has 5 atom stereocenters. The summed E-state index contributed by atoms with van der Waals surface area (Å²) < 4.78 is 17.3. The lowest BCUT2D eigenvalue weighted by molar-refractivity contribution is -0.159. The minimum Gasteiger partial charge on any atom is -0.495 e. The van der Waals surface area contributed by atoms with Crippen LogP contribution in [0.4, 0.5) is 5.69 Å². The van der Waals surface area contributed by atoms with Crippen LogP contribution in [0.15, 0.2) is 40.8 Å². The number of hydrogen-bond donors (Lipinski definition) is 1. The highest BCUT2D eigenvalue weighted by atomic mass is 79.9. The van der Waals surface area contributed by atoms with Crippen LogP contribution < -0.4 is 10.1 Å². The van der Waals surface area contributed by atoms with Gasteiger partial charge >= 0.3 is 5.97 Å². The number of para-hydroxylation sites is 1. The number of alkyl halides is 1. The van der Waals surface area contributed by atoms with Crippen LogP contribution in [0.1, 0.15) is 51.9 Å². The Labute approximate surface area is 212 Å². The van der Waals surface area contributed by atoms with E-state index in [4.69, 9.17) is 13.9 Å². The van der Waals surface area contributed by atoms with Crippen molar-refractivity contribution < 1.29 is 23.5 Å². The van der Waals surface area contributed by atoms with E-state index >= 15 is 0 Å². The van der Waals surface area contributed by atoms with Gasteiger partial charge in [0, 0.05) is 21.2 Å². The highest BCUT2D eigenvalue weighted by Crippen LogP contribution is 2.65. The monoisotopic (exact) mass is 539 g/mol. The van der Waals surface area contributed by atoms with Gasteiger partial charge in [0.1, 0.15) is 16.9 Å². The number of amides is 1.